The molecule has 0 saturated carbocycles. The van der Waals surface area contributed by atoms with Crippen molar-refractivity contribution in [2.75, 3.05) is 25.0 Å². The predicted molar refractivity (Wildman–Crippen MR) is 65.5 cm³/mol. The molecule has 0 bridgehead atoms. The zero-order valence-corrected chi connectivity index (χ0v) is 9.89. The number of carbonyl (C=O) groups is 1. The first-order chi connectivity index (χ1) is 8.18. The van der Waals surface area contributed by atoms with Crippen LogP contribution in [0, 0.1) is 0 Å². The fourth-order valence-electron chi connectivity index (χ4n) is 2.12. The van der Waals surface area contributed by atoms with Crippen LogP contribution in [0.5, 0.6) is 0 Å². The van der Waals surface area contributed by atoms with Gasteiger partial charge in [0.15, 0.2) is 5.69 Å². The molecule has 5 nitrogen and oxygen atoms in total. The number of hydrogen-bond acceptors (Lipinski definition) is 4. The molecule has 92 valence electrons. The van der Waals surface area contributed by atoms with E-state index in [1.165, 1.54) is 6.07 Å². The smallest absolute Gasteiger partial charge is 0.354 e. The molecule has 0 spiro atoms. The van der Waals surface area contributed by atoms with Crippen molar-refractivity contribution in [1.82, 2.24) is 10.3 Å². The van der Waals surface area contributed by atoms with Gasteiger partial charge in [0, 0.05) is 13.1 Å². The van der Waals surface area contributed by atoms with Crippen LogP contribution in [-0.4, -0.2) is 42.2 Å². The highest BCUT2D eigenvalue weighted by atomic mass is 16.4. The van der Waals surface area contributed by atoms with Gasteiger partial charge in [0.25, 0.3) is 0 Å². The third-order valence-corrected chi connectivity index (χ3v) is 3.17. The first-order valence-electron chi connectivity index (χ1n) is 5.82. The van der Waals surface area contributed by atoms with Crippen molar-refractivity contribution in [2.45, 2.75) is 18.9 Å². The van der Waals surface area contributed by atoms with Crippen molar-refractivity contribution in [3.63, 3.8) is 0 Å². The Kier molecular flexibility index (Phi) is 3.58. The van der Waals surface area contributed by atoms with Crippen LogP contribution in [0.25, 0.3) is 0 Å². The fraction of sp³-hybridized carbons (Fsp3) is 0.500. The minimum atomic E-state index is -0.981. The van der Waals surface area contributed by atoms with Crippen molar-refractivity contribution in [3.05, 3.63) is 23.9 Å². The van der Waals surface area contributed by atoms with Crippen LogP contribution in [0.2, 0.25) is 0 Å². The molecular weight excluding hydrogens is 218 g/mol. The summed E-state index contributed by atoms with van der Waals surface area (Å²) in [5.74, 6) is -0.248. The van der Waals surface area contributed by atoms with Gasteiger partial charge in [0.1, 0.15) is 5.82 Å². The van der Waals surface area contributed by atoms with E-state index in [2.05, 4.69) is 15.2 Å². The van der Waals surface area contributed by atoms with E-state index in [-0.39, 0.29) is 5.69 Å². The molecule has 2 rings (SSSR count). The minimum Gasteiger partial charge on any atom is -0.477 e. The second kappa shape index (κ2) is 5.14. The Morgan fingerprint density at radius 3 is 2.82 bits per heavy atom. The highest BCUT2D eigenvalue weighted by molar-refractivity contribution is 5.85. The van der Waals surface area contributed by atoms with Crippen LogP contribution in [0.3, 0.4) is 0 Å². The van der Waals surface area contributed by atoms with Gasteiger partial charge in [-0.2, -0.15) is 0 Å². The van der Waals surface area contributed by atoms with Gasteiger partial charge in [0.2, 0.25) is 0 Å². The molecule has 1 aromatic rings. The maximum absolute atomic E-state index is 10.9. The first-order valence-corrected chi connectivity index (χ1v) is 5.82. The van der Waals surface area contributed by atoms with Gasteiger partial charge in [-0.1, -0.05) is 6.07 Å². The number of piperidine rings is 1. The summed E-state index contributed by atoms with van der Waals surface area (Å²) in [5, 5.41) is 12.2. The van der Waals surface area contributed by atoms with Crippen LogP contribution >= 0.6 is 0 Å². The highest BCUT2D eigenvalue weighted by Gasteiger charge is 2.19. The summed E-state index contributed by atoms with van der Waals surface area (Å²) in [6.07, 6.45) is 2.13. The van der Waals surface area contributed by atoms with E-state index in [4.69, 9.17) is 5.11 Å². The van der Waals surface area contributed by atoms with Crippen LogP contribution in [0.4, 0.5) is 5.82 Å². The third kappa shape index (κ3) is 2.74. The second-order valence-electron chi connectivity index (χ2n) is 4.28. The number of rotatable bonds is 3. The molecule has 0 amide bonds. The Morgan fingerprint density at radius 2 is 2.18 bits per heavy atom. The highest BCUT2D eigenvalue weighted by Crippen LogP contribution is 2.18. The van der Waals surface area contributed by atoms with Gasteiger partial charge in [-0.05, 0) is 38.1 Å². The Labute approximate surface area is 100 Å². The molecule has 1 fully saturated rings. The van der Waals surface area contributed by atoms with Crippen molar-refractivity contribution in [2.24, 2.45) is 0 Å². The van der Waals surface area contributed by atoms with E-state index in [1.54, 1.807) is 6.07 Å². The molecule has 0 radical (unpaired) electrons. The molecule has 2 N–H and O–H groups in total. The number of nitrogens with one attached hydrogen (secondary N) is 1. The van der Waals surface area contributed by atoms with Crippen molar-refractivity contribution >= 4 is 11.8 Å². The fourth-order valence-corrected chi connectivity index (χ4v) is 2.12. The number of anilines is 1. The van der Waals surface area contributed by atoms with Gasteiger partial charge < -0.3 is 15.3 Å². The number of carboxylic acids is 1. The summed E-state index contributed by atoms with van der Waals surface area (Å²) in [5.41, 5.74) is 0.100. The largest absolute Gasteiger partial charge is 0.477 e. The van der Waals surface area contributed by atoms with Crippen molar-refractivity contribution < 1.29 is 9.90 Å². The summed E-state index contributed by atoms with van der Waals surface area (Å²) < 4.78 is 0. The zero-order valence-electron chi connectivity index (χ0n) is 9.89. The lowest BCUT2D eigenvalue weighted by atomic mass is 10.1. The van der Waals surface area contributed by atoms with Crippen LogP contribution in [0.1, 0.15) is 23.3 Å². The van der Waals surface area contributed by atoms with Gasteiger partial charge in [0.05, 0.1) is 0 Å². The molecule has 0 atom stereocenters. The lowest BCUT2D eigenvalue weighted by Crippen LogP contribution is -2.41. The summed E-state index contributed by atoms with van der Waals surface area (Å²) in [4.78, 5) is 17.1. The van der Waals surface area contributed by atoms with E-state index in [0.29, 0.717) is 6.04 Å². The zero-order chi connectivity index (χ0) is 12.3. The van der Waals surface area contributed by atoms with Crippen LogP contribution in [-0.2, 0) is 0 Å². The summed E-state index contributed by atoms with van der Waals surface area (Å²) in [7, 11) is 1.98. The average molecular weight is 235 g/mol. The van der Waals surface area contributed by atoms with Gasteiger partial charge in [-0.15, -0.1) is 0 Å². The standard InChI is InChI=1S/C12H17N3O2/c1-15(9-5-7-13-8-6-9)11-4-2-3-10(14-11)12(16)17/h2-4,9,13H,5-8H2,1H3,(H,16,17). The molecule has 5 heteroatoms. The van der Waals surface area contributed by atoms with Gasteiger partial charge in [-0.25, -0.2) is 9.78 Å². The topological polar surface area (TPSA) is 65.5 Å². The molecule has 2 heterocycles. The lowest BCUT2D eigenvalue weighted by molar-refractivity contribution is 0.0690. The predicted octanol–water partition coefficient (Wildman–Crippen LogP) is 0.968. The van der Waals surface area contributed by atoms with Gasteiger partial charge >= 0.3 is 5.97 Å². The third-order valence-electron chi connectivity index (χ3n) is 3.17. The number of nitrogens with zero attached hydrogens (tertiary/aromatic N) is 2. The number of pyridine rings is 1. The van der Waals surface area contributed by atoms with Gasteiger partial charge in [-0.3, -0.25) is 0 Å². The maximum atomic E-state index is 10.9. The van der Waals surface area contributed by atoms with E-state index < -0.39 is 5.97 Å². The molecular formula is C12H17N3O2. The maximum Gasteiger partial charge on any atom is 0.354 e. The van der Waals surface area contributed by atoms with E-state index in [1.807, 2.05) is 13.1 Å². The summed E-state index contributed by atoms with van der Waals surface area (Å²) >= 11 is 0. The number of carboxylic acid groups (broad SMARTS) is 1. The second-order valence-corrected chi connectivity index (χ2v) is 4.28. The Hall–Kier alpha value is -1.62. The monoisotopic (exact) mass is 235 g/mol. The normalized spacial score (nSPS) is 16.8. The number of aromatic nitrogens is 1. The van der Waals surface area contributed by atoms with Crippen LogP contribution < -0.4 is 10.2 Å². The quantitative estimate of drug-likeness (QED) is 0.817. The number of aromatic carboxylic acids is 1. The lowest BCUT2D eigenvalue weighted by Gasteiger charge is -2.32. The van der Waals surface area contributed by atoms with Crippen LogP contribution in [0.15, 0.2) is 18.2 Å². The van der Waals surface area contributed by atoms with Crippen molar-refractivity contribution in [3.8, 4) is 0 Å². The molecule has 0 aromatic carbocycles. The molecule has 1 saturated heterocycles. The van der Waals surface area contributed by atoms with E-state index in [0.717, 1.165) is 31.7 Å². The SMILES string of the molecule is CN(c1cccc(C(=O)O)n1)C1CCNCC1. The molecule has 1 aromatic heterocycles. The Bertz CT molecular complexity index is 402. The molecule has 1 aliphatic rings. The molecule has 1 aliphatic heterocycles. The molecule has 0 unspecified atom stereocenters. The van der Waals surface area contributed by atoms with E-state index >= 15 is 0 Å². The van der Waals surface area contributed by atoms with E-state index in [9.17, 15) is 4.79 Å². The Morgan fingerprint density at radius 1 is 1.47 bits per heavy atom. The van der Waals surface area contributed by atoms with Crippen molar-refractivity contribution in [1.29, 1.82) is 0 Å². The summed E-state index contributed by atoms with van der Waals surface area (Å²) in [6, 6.07) is 5.55. The first kappa shape index (κ1) is 11.9. The number of hydrogen-bond donors (Lipinski definition) is 2. The Balaban J connectivity index is 2.14. The average Bonchev–Trinajstić information content (AvgIpc) is 2.39. The summed E-state index contributed by atoms with van der Waals surface area (Å²) in [6.45, 7) is 2.02. The minimum absolute atomic E-state index is 0.100. The molecule has 0 aliphatic carbocycles. The molecule has 17 heavy (non-hydrogen) atoms.